The van der Waals surface area contributed by atoms with E-state index in [-0.39, 0.29) is 0 Å². The Labute approximate surface area is 132 Å². The second kappa shape index (κ2) is 4.49. The van der Waals surface area contributed by atoms with E-state index in [1.165, 1.54) is 24.0 Å². The van der Waals surface area contributed by atoms with Crippen LogP contribution in [0.2, 0.25) is 0 Å². The molecule has 1 heteroatoms. The van der Waals surface area contributed by atoms with Gasteiger partial charge in [0, 0.05) is 18.7 Å². The average molecular weight is 287 g/mol. The summed E-state index contributed by atoms with van der Waals surface area (Å²) in [6, 6.07) is 9.47. The Morgan fingerprint density at radius 2 is 1.73 bits per heavy atom. The van der Waals surface area contributed by atoms with Gasteiger partial charge in [-0.2, -0.15) is 0 Å². The molecular formula is C21H21N. The summed E-state index contributed by atoms with van der Waals surface area (Å²) >= 11 is 0. The lowest BCUT2D eigenvalue weighted by Crippen LogP contribution is -2.30. The third-order valence-corrected chi connectivity index (χ3v) is 6.03. The minimum Gasteiger partial charge on any atom is -0.370 e. The number of hydrogen-bond acceptors (Lipinski definition) is 1. The molecule has 0 saturated carbocycles. The van der Waals surface area contributed by atoms with Crippen molar-refractivity contribution in [3.05, 3.63) is 77.0 Å². The molecule has 0 aromatic heterocycles. The first-order chi connectivity index (χ1) is 10.8. The first kappa shape index (κ1) is 12.5. The van der Waals surface area contributed by atoms with Gasteiger partial charge in [-0.15, -0.1) is 0 Å². The van der Waals surface area contributed by atoms with Crippen molar-refractivity contribution < 1.29 is 0 Å². The van der Waals surface area contributed by atoms with Crippen molar-refractivity contribution in [1.29, 1.82) is 0 Å². The van der Waals surface area contributed by atoms with Crippen LogP contribution in [-0.2, 0) is 0 Å². The predicted molar refractivity (Wildman–Crippen MR) is 91.3 cm³/mol. The fourth-order valence-electron chi connectivity index (χ4n) is 4.91. The van der Waals surface area contributed by atoms with E-state index in [1.54, 1.807) is 11.3 Å². The molecule has 110 valence electrons. The van der Waals surface area contributed by atoms with Crippen LogP contribution in [0.3, 0.4) is 0 Å². The zero-order chi connectivity index (χ0) is 14.7. The van der Waals surface area contributed by atoms with Crippen molar-refractivity contribution in [3.63, 3.8) is 0 Å². The van der Waals surface area contributed by atoms with Gasteiger partial charge in [0.15, 0.2) is 0 Å². The Balaban J connectivity index is 1.63. The van der Waals surface area contributed by atoms with E-state index in [9.17, 15) is 0 Å². The molecular weight excluding hydrogens is 266 g/mol. The summed E-state index contributed by atoms with van der Waals surface area (Å²) in [6.07, 6.45) is 16.5. The van der Waals surface area contributed by atoms with Gasteiger partial charge in [-0.05, 0) is 41.4 Å². The van der Waals surface area contributed by atoms with Crippen LogP contribution in [-0.4, -0.2) is 18.0 Å². The van der Waals surface area contributed by atoms with Crippen LogP contribution >= 0.6 is 0 Å². The van der Waals surface area contributed by atoms with Gasteiger partial charge >= 0.3 is 0 Å². The summed E-state index contributed by atoms with van der Waals surface area (Å²) in [5.74, 6) is 1.97. The standard InChI is InChI=1S/C21H21N/c1-22-19-11-10-14-6-4-5-9-17(14)21(19)18-12-15-7-2-3-8-16(15)13-20(18)22/h2-11,15-16,19,21H,12-13H2,1H3. The van der Waals surface area contributed by atoms with Gasteiger partial charge in [-0.3, -0.25) is 0 Å². The number of nitrogens with zero attached hydrogens (tertiary/aromatic N) is 1. The highest BCUT2D eigenvalue weighted by Crippen LogP contribution is 2.52. The lowest BCUT2D eigenvalue weighted by molar-refractivity contribution is 0.335. The quantitative estimate of drug-likeness (QED) is 0.678. The number of likely N-dealkylation sites (N-methyl/N-ethyl adjacent to an activating group) is 1. The average Bonchev–Trinajstić information content (AvgIpc) is 2.85. The van der Waals surface area contributed by atoms with E-state index in [0.29, 0.717) is 23.8 Å². The van der Waals surface area contributed by atoms with Crippen LogP contribution in [0.25, 0.3) is 6.08 Å². The maximum absolute atomic E-state index is 2.55. The molecule has 1 heterocycles. The van der Waals surface area contributed by atoms with Crippen molar-refractivity contribution in [2.24, 2.45) is 11.8 Å². The molecule has 0 amide bonds. The first-order valence-electron chi connectivity index (χ1n) is 8.40. The second-order valence-corrected chi connectivity index (χ2v) is 7.04. The largest absolute Gasteiger partial charge is 0.370 e. The van der Waals surface area contributed by atoms with Crippen molar-refractivity contribution in [2.45, 2.75) is 24.8 Å². The van der Waals surface area contributed by atoms with Gasteiger partial charge < -0.3 is 4.90 Å². The van der Waals surface area contributed by atoms with Crippen LogP contribution in [0.4, 0.5) is 0 Å². The molecule has 0 N–H and O–H groups in total. The number of rotatable bonds is 0. The molecule has 0 fully saturated rings. The SMILES string of the molecule is CN1C2=C(CC3C=CC=CC3C2)C2c3ccccc3C=CC21. The molecule has 0 spiro atoms. The molecule has 1 aromatic rings. The zero-order valence-electron chi connectivity index (χ0n) is 12.9. The molecule has 22 heavy (non-hydrogen) atoms. The maximum Gasteiger partial charge on any atom is 0.0577 e. The molecule has 4 aliphatic rings. The third kappa shape index (κ3) is 1.60. The summed E-state index contributed by atoms with van der Waals surface area (Å²) in [7, 11) is 2.29. The van der Waals surface area contributed by atoms with Crippen molar-refractivity contribution in [3.8, 4) is 0 Å². The van der Waals surface area contributed by atoms with Gasteiger partial charge in [-0.25, -0.2) is 0 Å². The third-order valence-electron chi connectivity index (χ3n) is 6.03. The number of fused-ring (bicyclic) bond motifs is 5. The Kier molecular flexibility index (Phi) is 2.55. The molecule has 5 rings (SSSR count). The van der Waals surface area contributed by atoms with E-state index in [0.717, 1.165) is 0 Å². The highest BCUT2D eigenvalue weighted by molar-refractivity contribution is 5.63. The van der Waals surface area contributed by atoms with Gasteiger partial charge in [0.2, 0.25) is 0 Å². The minimum atomic E-state index is 0.521. The van der Waals surface area contributed by atoms with Gasteiger partial charge in [0.1, 0.15) is 0 Å². The number of allylic oxidation sites excluding steroid dienone is 5. The topological polar surface area (TPSA) is 3.24 Å². The molecule has 1 aliphatic heterocycles. The van der Waals surface area contributed by atoms with E-state index >= 15 is 0 Å². The predicted octanol–water partition coefficient (Wildman–Crippen LogP) is 4.52. The molecule has 4 unspecified atom stereocenters. The Morgan fingerprint density at radius 1 is 0.955 bits per heavy atom. The lowest BCUT2D eigenvalue weighted by Gasteiger charge is -2.33. The van der Waals surface area contributed by atoms with Crippen molar-refractivity contribution in [1.82, 2.24) is 4.90 Å². The normalized spacial score (nSPS) is 34.3. The van der Waals surface area contributed by atoms with Gasteiger partial charge in [-0.1, -0.05) is 60.7 Å². The summed E-state index contributed by atoms with van der Waals surface area (Å²) in [4.78, 5) is 2.55. The summed E-state index contributed by atoms with van der Waals surface area (Å²) in [5.41, 5.74) is 6.25. The van der Waals surface area contributed by atoms with E-state index in [2.05, 4.69) is 72.7 Å². The molecule has 0 radical (unpaired) electrons. The molecule has 3 aliphatic carbocycles. The highest BCUT2D eigenvalue weighted by Gasteiger charge is 2.44. The Morgan fingerprint density at radius 3 is 2.59 bits per heavy atom. The van der Waals surface area contributed by atoms with Crippen LogP contribution in [0, 0.1) is 11.8 Å². The smallest absolute Gasteiger partial charge is 0.0577 e. The maximum atomic E-state index is 2.55. The number of hydrogen-bond donors (Lipinski definition) is 0. The van der Waals surface area contributed by atoms with Crippen LogP contribution in [0.5, 0.6) is 0 Å². The molecule has 0 saturated heterocycles. The lowest BCUT2D eigenvalue weighted by atomic mass is 9.71. The van der Waals surface area contributed by atoms with Crippen molar-refractivity contribution >= 4 is 6.08 Å². The molecule has 4 atom stereocenters. The van der Waals surface area contributed by atoms with Crippen molar-refractivity contribution in [2.75, 3.05) is 7.05 Å². The molecule has 1 aromatic carbocycles. The van der Waals surface area contributed by atoms with Crippen LogP contribution in [0.15, 0.2) is 65.9 Å². The Bertz CT molecular complexity index is 749. The van der Waals surface area contributed by atoms with Crippen LogP contribution in [0.1, 0.15) is 29.9 Å². The van der Waals surface area contributed by atoms with Gasteiger partial charge in [0.05, 0.1) is 6.04 Å². The second-order valence-electron chi connectivity index (χ2n) is 7.04. The zero-order valence-corrected chi connectivity index (χ0v) is 12.9. The Hall–Kier alpha value is -2.02. The fourth-order valence-corrected chi connectivity index (χ4v) is 4.91. The molecule has 1 nitrogen and oxygen atoms in total. The van der Waals surface area contributed by atoms with E-state index in [4.69, 9.17) is 0 Å². The van der Waals surface area contributed by atoms with Gasteiger partial charge in [0.25, 0.3) is 0 Å². The van der Waals surface area contributed by atoms with Crippen LogP contribution < -0.4 is 0 Å². The minimum absolute atomic E-state index is 0.521. The fraction of sp³-hybridized carbons (Fsp3) is 0.333. The number of benzene rings is 1. The monoisotopic (exact) mass is 287 g/mol. The highest BCUT2D eigenvalue weighted by atomic mass is 15.2. The molecule has 0 bridgehead atoms. The summed E-state index contributed by atoms with van der Waals surface area (Å²) in [5, 5.41) is 0. The first-order valence-corrected chi connectivity index (χ1v) is 8.40. The summed E-state index contributed by atoms with van der Waals surface area (Å²) in [6.45, 7) is 0. The summed E-state index contributed by atoms with van der Waals surface area (Å²) < 4.78 is 0. The van der Waals surface area contributed by atoms with E-state index < -0.39 is 0 Å². The van der Waals surface area contributed by atoms with E-state index in [1.807, 2.05) is 0 Å².